The van der Waals surface area contributed by atoms with Crippen molar-refractivity contribution < 1.29 is 4.39 Å². The van der Waals surface area contributed by atoms with E-state index in [0.717, 1.165) is 35.9 Å². The Balaban J connectivity index is 1.44. The zero-order valence-corrected chi connectivity index (χ0v) is 17.9. The van der Waals surface area contributed by atoms with E-state index in [9.17, 15) is 9.18 Å². The maximum absolute atomic E-state index is 14.3. The van der Waals surface area contributed by atoms with E-state index in [1.165, 1.54) is 22.9 Å². The number of benzene rings is 1. The lowest BCUT2D eigenvalue weighted by molar-refractivity contribution is 0.529. The maximum Gasteiger partial charge on any atom is 0.255 e. The fourth-order valence-corrected chi connectivity index (χ4v) is 4.25. The molecule has 0 saturated carbocycles. The summed E-state index contributed by atoms with van der Waals surface area (Å²) in [6.45, 7) is 4.35. The number of aromatic nitrogens is 4. The van der Waals surface area contributed by atoms with Gasteiger partial charge in [0.2, 0.25) is 5.95 Å². The number of anilines is 2. The van der Waals surface area contributed by atoms with E-state index in [2.05, 4.69) is 49.9 Å². The Morgan fingerprint density at radius 1 is 1.09 bits per heavy atom. The summed E-state index contributed by atoms with van der Waals surface area (Å²) in [5, 5.41) is 1.11. The number of nitrogens with zero attached hydrogens (tertiary/aromatic N) is 6. The summed E-state index contributed by atoms with van der Waals surface area (Å²) in [6, 6.07) is 13.3. The van der Waals surface area contributed by atoms with E-state index in [0.29, 0.717) is 18.2 Å². The lowest BCUT2D eigenvalue weighted by Crippen LogP contribution is -2.53. The highest BCUT2D eigenvalue weighted by atomic mass is 19.1. The Morgan fingerprint density at radius 3 is 2.78 bits per heavy atom. The van der Waals surface area contributed by atoms with Crippen LogP contribution in [0.4, 0.5) is 16.0 Å². The average molecular weight is 430 g/mol. The zero-order valence-electron chi connectivity index (χ0n) is 17.9. The van der Waals surface area contributed by atoms with Crippen LogP contribution in [-0.4, -0.2) is 45.2 Å². The van der Waals surface area contributed by atoms with Crippen molar-refractivity contribution in [3.8, 4) is 11.3 Å². The largest absolute Gasteiger partial charge is 0.368 e. The van der Waals surface area contributed by atoms with Crippen LogP contribution in [0.15, 0.2) is 65.8 Å². The standard InChI is InChI=1S/C24H23FN6O/c1-16-15-30(18-5-6-21-17(12-18)4-3-8-27-21)10-11-31(16)24-28-22(13-23(32)29(24)2)19-7-9-26-14-20(19)25/h3-9,12-14,16H,10-11,15H2,1-2H3/t16-/m1/s1. The molecular formula is C24H23FN6O. The number of rotatable bonds is 3. The third-order valence-electron chi connectivity index (χ3n) is 6.00. The molecule has 0 spiro atoms. The Kier molecular flexibility index (Phi) is 5.05. The summed E-state index contributed by atoms with van der Waals surface area (Å²) in [7, 11) is 1.70. The number of fused-ring (bicyclic) bond motifs is 1. The molecule has 0 amide bonds. The molecule has 8 heteroatoms. The highest BCUT2D eigenvalue weighted by Crippen LogP contribution is 2.26. The van der Waals surface area contributed by atoms with Crippen molar-refractivity contribution in [3.05, 3.63) is 77.2 Å². The second-order valence-corrected chi connectivity index (χ2v) is 8.06. The van der Waals surface area contributed by atoms with Gasteiger partial charge in [0.1, 0.15) is 0 Å². The molecule has 0 radical (unpaired) electrons. The van der Waals surface area contributed by atoms with Crippen molar-refractivity contribution in [3.63, 3.8) is 0 Å². The van der Waals surface area contributed by atoms with Crippen LogP contribution in [0.2, 0.25) is 0 Å². The lowest BCUT2D eigenvalue weighted by Gasteiger charge is -2.42. The first-order chi connectivity index (χ1) is 15.5. The van der Waals surface area contributed by atoms with Gasteiger partial charge in [-0.1, -0.05) is 6.07 Å². The van der Waals surface area contributed by atoms with Crippen LogP contribution in [0.25, 0.3) is 22.2 Å². The monoisotopic (exact) mass is 430 g/mol. The predicted octanol–water partition coefficient (Wildman–Crippen LogP) is 3.24. The molecule has 4 aromatic rings. The van der Waals surface area contributed by atoms with Gasteiger partial charge in [-0.2, -0.15) is 0 Å². The van der Waals surface area contributed by atoms with Gasteiger partial charge >= 0.3 is 0 Å². The van der Waals surface area contributed by atoms with Gasteiger partial charge in [0.05, 0.1) is 17.4 Å². The van der Waals surface area contributed by atoms with Gasteiger partial charge < -0.3 is 9.80 Å². The minimum atomic E-state index is -0.497. The van der Waals surface area contributed by atoms with Crippen molar-refractivity contribution in [1.82, 2.24) is 19.5 Å². The van der Waals surface area contributed by atoms with Crippen LogP contribution < -0.4 is 15.4 Å². The quantitative estimate of drug-likeness (QED) is 0.497. The third kappa shape index (κ3) is 3.57. The molecule has 0 unspecified atom stereocenters. The molecule has 7 nitrogen and oxygen atoms in total. The van der Waals surface area contributed by atoms with Crippen LogP contribution in [0.5, 0.6) is 0 Å². The number of hydrogen-bond acceptors (Lipinski definition) is 6. The topological polar surface area (TPSA) is 67.2 Å². The van der Waals surface area contributed by atoms with Crippen molar-refractivity contribution >= 4 is 22.5 Å². The molecule has 3 aromatic heterocycles. The summed E-state index contributed by atoms with van der Waals surface area (Å²) in [6.07, 6.45) is 4.43. The van der Waals surface area contributed by atoms with Gasteiger partial charge in [0.15, 0.2) is 5.82 Å². The molecule has 1 aliphatic rings. The summed E-state index contributed by atoms with van der Waals surface area (Å²) in [5.74, 6) is 0.0430. The number of hydrogen-bond donors (Lipinski definition) is 0. The number of pyridine rings is 2. The van der Waals surface area contributed by atoms with Crippen molar-refractivity contribution in [2.24, 2.45) is 7.05 Å². The van der Waals surface area contributed by atoms with Crippen molar-refractivity contribution in [2.75, 3.05) is 29.4 Å². The van der Waals surface area contributed by atoms with Gasteiger partial charge in [0.25, 0.3) is 5.56 Å². The molecule has 0 N–H and O–H groups in total. The lowest BCUT2D eigenvalue weighted by atomic mass is 10.1. The second kappa shape index (κ2) is 8.03. The summed E-state index contributed by atoms with van der Waals surface area (Å²) < 4.78 is 15.8. The van der Waals surface area contributed by atoms with Crippen LogP contribution >= 0.6 is 0 Å². The first-order valence-electron chi connectivity index (χ1n) is 10.6. The molecule has 1 saturated heterocycles. The molecule has 1 aliphatic heterocycles. The van der Waals surface area contributed by atoms with Crippen molar-refractivity contribution in [1.29, 1.82) is 0 Å². The van der Waals surface area contributed by atoms with E-state index in [4.69, 9.17) is 0 Å². The molecule has 0 aliphatic carbocycles. The van der Waals surface area contributed by atoms with Crippen LogP contribution in [0, 0.1) is 5.82 Å². The van der Waals surface area contributed by atoms with Gasteiger partial charge in [-0.25, -0.2) is 9.37 Å². The minimum Gasteiger partial charge on any atom is -0.368 e. The molecule has 162 valence electrons. The molecule has 4 heterocycles. The highest BCUT2D eigenvalue weighted by Gasteiger charge is 2.27. The molecular weight excluding hydrogens is 407 g/mol. The van der Waals surface area contributed by atoms with Crippen LogP contribution in [-0.2, 0) is 7.05 Å². The normalized spacial score (nSPS) is 16.5. The Morgan fingerprint density at radius 2 is 1.97 bits per heavy atom. The first-order valence-corrected chi connectivity index (χ1v) is 10.6. The fourth-order valence-electron chi connectivity index (χ4n) is 4.25. The fraction of sp³-hybridized carbons (Fsp3) is 0.250. The SMILES string of the molecule is C[C@@H]1CN(c2ccc3ncccc3c2)CCN1c1nc(-c2ccncc2F)cc(=O)n1C. The maximum atomic E-state index is 14.3. The molecule has 1 atom stereocenters. The van der Waals surface area contributed by atoms with Gasteiger partial charge in [0, 0.05) is 67.8 Å². The van der Waals surface area contributed by atoms with Crippen LogP contribution in [0.3, 0.4) is 0 Å². The van der Waals surface area contributed by atoms with Crippen LogP contribution in [0.1, 0.15) is 6.92 Å². The number of piperazine rings is 1. The molecule has 5 rings (SSSR count). The summed E-state index contributed by atoms with van der Waals surface area (Å²) in [4.78, 5) is 29.9. The molecule has 0 bridgehead atoms. The van der Waals surface area contributed by atoms with Gasteiger partial charge in [-0.15, -0.1) is 0 Å². The summed E-state index contributed by atoms with van der Waals surface area (Å²) >= 11 is 0. The van der Waals surface area contributed by atoms with E-state index in [1.807, 2.05) is 12.1 Å². The summed E-state index contributed by atoms with van der Waals surface area (Å²) in [5.41, 5.74) is 2.49. The molecule has 32 heavy (non-hydrogen) atoms. The van der Waals surface area contributed by atoms with E-state index >= 15 is 0 Å². The third-order valence-corrected chi connectivity index (χ3v) is 6.00. The van der Waals surface area contributed by atoms with E-state index in [1.54, 1.807) is 13.2 Å². The van der Waals surface area contributed by atoms with Gasteiger partial charge in [-0.3, -0.25) is 19.3 Å². The highest BCUT2D eigenvalue weighted by molar-refractivity contribution is 5.82. The number of halogens is 1. The second-order valence-electron chi connectivity index (χ2n) is 8.06. The Labute approximate surface area is 184 Å². The Bertz CT molecular complexity index is 1350. The first kappa shape index (κ1) is 20.1. The minimum absolute atomic E-state index is 0.101. The zero-order chi connectivity index (χ0) is 22.2. The van der Waals surface area contributed by atoms with E-state index < -0.39 is 5.82 Å². The van der Waals surface area contributed by atoms with Crippen molar-refractivity contribution in [2.45, 2.75) is 13.0 Å². The molecule has 1 fully saturated rings. The van der Waals surface area contributed by atoms with E-state index in [-0.39, 0.29) is 17.2 Å². The average Bonchev–Trinajstić information content (AvgIpc) is 2.81. The van der Waals surface area contributed by atoms with Gasteiger partial charge in [-0.05, 0) is 37.3 Å². The Hall–Kier alpha value is -3.81. The molecule has 1 aromatic carbocycles. The smallest absolute Gasteiger partial charge is 0.255 e. The predicted molar refractivity (Wildman–Crippen MR) is 123 cm³/mol.